The molecular weight excluding hydrogens is 292 g/mol. The van der Waals surface area contributed by atoms with Gasteiger partial charge in [-0.1, -0.05) is 18.5 Å². The number of halogens is 1. The number of nitrogens with zero attached hydrogens (tertiary/aromatic N) is 3. The minimum atomic E-state index is 0.564. The number of hydrogen-bond donors (Lipinski definition) is 1. The first kappa shape index (κ1) is 15.1. The van der Waals surface area contributed by atoms with Crippen molar-refractivity contribution < 1.29 is 0 Å². The van der Waals surface area contributed by atoms with Crippen molar-refractivity contribution in [2.75, 3.05) is 17.7 Å². The van der Waals surface area contributed by atoms with Crippen molar-refractivity contribution >= 4 is 34.6 Å². The highest BCUT2D eigenvalue weighted by atomic mass is 35.5. The van der Waals surface area contributed by atoms with Crippen LogP contribution in [0.5, 0.6) is 0 Å². The van der Waals surface area contributed by atoms with Crippen molar-refractivity contribution in [2.24, 2.45) is 0 Å². The van der Waals surface area contributed by atoms with Crippen molar-refractivity contribution in [3.63, 3.8) is 0 Å². The van der Waals surface area contributed by atoms with E-state index < -0.39 is 0 Å². The first-order valence-electron chi connectivity index (χ1n) is 6.59. The lowest BCUT2D eigenvalue weighted by molar-refractivity contribution is 0.812. The Morgan fingerprint density at radius 2 is 2.10 bits per heavy atom. The van der Waals surface area contributed by atoms with Crippen molar-refractivity contribution in [3.05, 3.63) is 32.7 Å². The van der Waals surface area contributed by atoms with Crippen LogP contribution in [-0.2, 0) is 13.0 Å². The van der Waals surface area contributed by atoms with Gasteiger partial charge in [0.05, 0.1) is 10.9 Å². The third-order valence-electron chi connectivity index (χ3n) is 3.06. The number of anilines is 2. The quantitative estimate of drug-likeness (QED) is 0.915. The molecule has 0 radical (unpaired) electrons. The SMILES string of the molecule is CCCc1nc(N)c(C)c(N(C)Cc2ccc(Cl)s2)n1. The second kappa shape index (κ2) is 6.41. The van der Waals surface area contributed by atoms with Gasteiger partial charge in [-0.2, -0.15) is 0 Å². The lowest BCUT2D eigenvalue weighted by atomic mass is 10.2. The van der Waals surface area contributed by atoms with Crippen LogP contribution in [0.3, 0.4) is 0 Å². The van der Waals surface area contributed by atoms with E-state index in [0.29, 0.717) is 5.82 Å². The zero-order chi connectivity index (χ0) is 14.7. The number of nitrogens with two attached hydrogens (primary N) is 1. The Labute approximate surface area is 128 Å². The Balaban J connectivity index is 2.25. The van der Waals surface area contributed by atoms with E-state index in [1.165, 1.54) is 4.88 Å². The summed E-state index contributed by atoms with van der Waals surface area (Å²) in [4.78, 5) is 12.3. The summed E-state index contributed by atoms with van der Waals surface area (Å²) in [6, 6.07) is 3.95. The lowest BCUT2D eigenvalue weighted by Crippen LogP contribution is -2.20. The average molecular weight is 311 g/mol. The number of rotatable bonds is 5. The maximum absolute atomic E-state index is 5.99. The fourth-order valence-electron chi connectivity index (χ4n) is 2.02. The molecule has 0 aliphatic rings. The van der Waals surface area contributed by atoms with Crippen molar-refractivity contribution in [2.45, 2.75) is 33.2 Å². The topological polar surface area (TPSA) is 55.0 Å². The number of thiophene rings is 1. The Morgan fingerprint density at radius 3 is 2.70 bits per heavy atom. The zero-order valence-corrected chi connectivity index (χ0v) is 13.6. The number of nitrogen functional groups attached to an aromatic ring is 1. The van der Waals surface area contributed by atoms with E-state index in [-0.39, 0.29) is 0 Å². The molecule has 0 aliphatic heterocycles. The molecule has 0 unspecified atom stereocenters. The minimum Gasteiger partial charge on any atom is -0.383 e. The Hall–Kier alpha value is -1.33. The summed E-state index contributed by atoms with van der Waals surface area (Å²) in [5.41, 5.74) is 6.92. The normalized spacial score (nSPS) is 10.8. The van der Waals surface area contributed by atoms with Crippen molar-refractivity contribution in [3.8, 4) is 0 Å². The van der Waals surface area contributed by atoms with E-state index in [0.717, 1.165) is 40.9 Å². The molecule has 2 N–H and O–H groups in total. The fraction of sp³-hybridized carbons (Fsp3) is 0.429. The van der Waals surface area contributed by atoms with Crippen LogP contribution in [0.4, 0.5) is 11.6 Å². The largest absolute Gasteiger partial charge is 0.383 e. The third-order valence-corrected chi connectivity index (χ3v) is 4.28. The second-order valence-corrected chi connectivity index (χ2v) is 6.59. The molecule has 4 nitrogen and oxygen atoms in total. The van der Waals surface area contributed by atoms with E-state index >= 15 is 0 Å². The van der Waals surface area contributed by atoms with Gasteiger partial charge in [-0.05, 0) is 25.5 Å². The average Bonchev–Trinajstić information content (AvgIpc) is 2.79. The van der Waals surface area contributed by atoms with E-state index in [1.54, 1.807) is 11.3 Å². The predicted molar refractivity (Wildman–Crippen MR) is 86.6 cm³/mol. The summed E-state index contributed by atoms with van der Waals surface area (Å²) >= 11 is 7.55. The summed E-state index contributed by atoms with van der Waals surface area (Å²) in [6.07, 6.45) is 1.85. The highest BCUT2D eigenvalue weighted by Gasteiger charge is 2.13. The summed E-state index contributed by atoms with van der Waals surface area (Å²) in [5.74, 6) is 2.27. The molecule has 0 amide bonds. The van der Waals surface area contributed by atoms with Gasteiger partial charge in [-0.15, -0.1) is 11.3 Å². The molecule has 0 saturated heterocycles. The first-order chi connectivity index (χ1) is 9.51. The van der Waals surface area contributed by atoms with Crippen LogP contribution in [0, 0.1) is 6.92 Å². The molecule has 108 valence electrons. The Kier molecular flexibility index (Phi) is 4.83. The summed E-state index contributed by atoms with van der Waals surface area (Å²) in [7, 11) is 2.01. The minimum absolute atomic E-state index is 0.564. The third kappa shape index (κ3) is 3.41. The molecule has 6 heteroatoms. The van der Waals surface area contributed by atoms with Gasteiger partial charge in [-0.25, -0.2) is 9.97 Å². The number of aryl methyl sites for hydroxylation is 1. The van der Waals surface area contributed by atoms with Crippen LogP contribution in [0.15, 0.2) is 12.1 Å². The van der Waals surface area contributed by atoms with Gasteiger partial charge in [0.15, 0.2) is 0 Å². The van der Waals surface area contributed by atoms with Gasteiger partial charge in [-0.3, -0.25) is 0 Å². The second-order valence-electron chi connectivity index (χ2n) is 4.79. The molecule has 2 aromatic rings. The van der Waals surface area contributed by atoms with E-state index in [4.69, 9.17) is 17.3 Å². The summed E-state index contributed by atoms with van der Waals surface area (Å²) < 4.78 is 0.805. The Bertz CT molecular complexity index is 597. The van der Waals surface area contributed by atoms with Crippen LogP contribution in [0.1, 0.15) is 29.6 Å². The van der Waals surface area contributed by atoms with Gasteiger partial charge < -0.3 is 10.6 Å². The van der Waals surface area contributed by atoms with E-state index in [1.807, 2.05) is 26.1 Å². The van der Waals surface area contributed by atoms with Gasteiger partial charge >= 0.3 is 0 Å². The molecule has 2 heterocycles. The number of aromatic nitrogens is 2. The maximum Gasteiger partial charge on any atom is 0.137 e. The summed E-state index contributed by atoms with van der Waals surface area (Å²) in [6.45, 7) is 4.83. The van der Waals surface area contributed by atoms with Gasteiger partial charge in [0.25, 0.3) is 0 Å². The molecule has 0 atom stereocenters. The van der Waals surface area contributed by atoms with Gasteiger partial charge in [0.2, 0.25) is 0 Å². The lowest BCUT2D eigenvalue weighted by Gasteiger charge is -2.20. The molecular formula is C14H19ClN4S. The molecule has 20 heavy (non-hydrogen) atoms. The van der Waals surface area contributed by atoms with Crippen LogP contribution >= 0.6 is 22.9 Å². The van der Waals surface area contributed by atoms with Crippen LogP contribution in [0.2, 0.25) is 4.34 Å². The zero-order valence-electron chi connectivity index (χ0n) is 12.0. The molecule has 2 rings (SSSR count). The molecule has 0 fully saturated rings. The smallest absolute Gasteiger partial charge is 0.137 e. The van der Waals surface area contributed by atoms with Crippen LogP contribution < -0.4 is 10.6 Å². The standard InChI is InChI=1S/C14H19ClN4S/c1-4-5-12-17-13(16)9(2)14(18-12)19(3)8-10-6-7-11(15)20-10/h6-7H,4-5,8H2,1-3H3,(H2,16,17,18). The molecule has 2 aromatic heterocycles. The molecule has 0 bridgehead atoms. The Morgan fingerprint density at radius 1 is 1.35 bits per heavy atom. The molecule has 0 spiro atoms. The van der Waals surface area contributed by atoms with Gasteiger partial charge in [0.1, 0.15) is 17.5 Å². The number of hydrogen-bond acceptors (Lipinski definition) is 5. The monoisotopic (exact) mass is 310 g/mol. The summed E-state index contributed by atoms with van der Waals surface area (Å²) in [5, 5.41) is 0. The molecule has 0 aromatic carbocycles. The maximum atomic E-state index is 5.99. The first-order valence-corrected chi connectivity index (χ1v) is 7.79. The highest BCUT2D eigenvalue weighted by molar-refractivity contribution is 7.16. The van der Waals surface area contributed by atoms with Crippen LogP contribution in [-0.4, -0.2) is 17.0 Å². The molecule has 0 aliphatic carbocycles. The van der Waals surface area contributed by atoms with Gasteiger partial charge in [0, 0.05) is 23.9 Å². The van der Waals surface area contributed by atoms with Crippen molar-refractivity contribution in [1.82, 2.24) is 9.97 Å². The van der Waals surface area contributed by atoms with E-state index in [2.05, 4.69) is 21.8 Å². The predicted octanol–water partition coefficient (Wildman–Crippen LogP) is 3.67. The fourth-order valence-corrected chi connectivity index (χ4v) is 3.16. The van der Waals surface area contributed by atoms with Crippen molar-refractivity contribution in [1.29, 1.82) is 0 Å². The molecule has 0 saturated carbocycles. The van der Waals surface area contributed by atoms with Crippen LogP contribution in [0.25, 0.3) is 0 Å². The van der Waals surface area contributed by atoms with E-state index in [9.17, 15) is 0 Å². The highest BCUT2D eigenvalue weighted by Crippen LogP contribution is 2.26.